The molecule has 0 saturated heterocycles. The van der Waals surface area contributed by atoms with E-state index in [0.717, 1.165) is 6.07 Å². The Morgan fingerprint density at radius 1 is 1.33 bits per heavy atom. The van der Waals surface area contributed by atoms with Crippen LogP contribution in [0.3, 0.4) is 0 Å². The molecular formula is C8H4BrF2N. The minimum absolute atomic E-state index is 0.266. The van der Waals surface area contributed by atoms with Gasteiger partial charge in [0.25, 0.3) is 0 Å². The Kier molecular flexibility index (Phi) is 1.65. The molecule has 1 nitrogen and oxygen atoms in total. The predicted molar refractivity (Wildman–Crippen MR) is 45.9 cm³/mol. The monoisotopic (exact) mass is 231 g/mol. The van der Waals surface area contributed by atoms with E-state index >= 15 is 0 Å². The third-order valence-electron chi connectivity index (χ3n) is 1.69. The average molecular weight is 232 g/mol. The minimum Gasteiger partial charge on any atom is -0.360 e. The molecule has 0 aliphatic rings. The Balaban J connectivity index is 2.97. The van der Waals surface area contributed by atoms with Crippen LogP contribution in [0.5, 0.6) is 0 Å². The molecule has 62 valence electrons. The van der Waals surface area contributed by atoms with Gasteiger partial charge in [0, 0.05) is 16.1 Å². The number of hydrogen-bond donors (Lipinski definition) is 1. The summed E-state index contributed by atoms with van der Waals surface area (Å²) in [6, 6.07) is 2.60. The molecule has 0 amide bonds. The number of benzene rings is 1. The normalized spacial score (nSPS) is 10.9. The number of fused-ring (bicyclic) bond motifs is 1. The van der Waals surface area contributed by atoms with Gasteiger partial charge in [0.05, 0.1) is 5.52 Å². The Morgan fingerprint density at radius 2 is 2.08 bits per heavy atom. The molecule has 0 aliphatic carbocycles. The summed E-state index contributed by atoms with van der Waals surface area (Å²) in [4.78, 5) is 2.80. The number of aromatic amines is 1. The standard InChI is InChI=1S/C8H4BrF2N/c9-5-3-6(10)7(11)4-1-2-12-8(4)5/h1-3,12H. The molecule has 0 fully saturated rings. The van der Waals surface area contributed by atoms with Crippen LogP contribution in [0.4, 0.5) is 8.78 Å². The summed E-state index contributed by atoms with van der Waals surface area (Å²) in [6.45, 7) is 0. The van der Waals surface area contributed by atoms with Gasteiger partial charge in [-0.3, -0.25) is 0 Å². The van der Waals surface area contributed by atoms with Crippen molar-refractivity contribution in [2.75, 3.05) is 0 Å². The fourth-order valence-corrected chi connectivity index (χ4v) is 1.65. The van der Waals surface area contributed by atoms with Gasteiger partial charge in [-0.05, 0) is 28.1 Å². The fraction of sp³-hybridized carbons (Fsp3) is 0. The third kappa shape index (κ3) is 0.948. The first-order chi connectivity index (χ1) is 5.70. The second kappa shape index (κ2) is 2.55. The Hall–Kier alpha value is -0.900. The van der Waals surface area contributed by atoms with Crippen molar-refractivity contribution in [1.29, 1.82) is 0 Å². The molecule has 0 saturated carbocycles. The highest BCUT2D eigenvalue weighted by molar-refractivity contribution is 9.10. The lowest BCUT2D eigenvalue weighted by Crippen LogP contribution is -1.84. The lowest BCUT2D eigenvalue weighted by molar-refractivity contribution is 0.516. The van der Waals surface area contributed by atoms with Crippen molar-refractivity contribution >= 4 is 26.8 Å². The molecule has 0 atom stereocenters. The average Bonchev–Trinajstić information content (AvgIpc) is 2.48. The largest absolute Gasteiger partial charge is 0.360 e. The van der Waals surface area contributed by atoms with Crippen LogP contribution in [0.15, 0.2) is 22.8 Å². The highest BCUT2D eigenvalue weighted by atomic mass is 79.9. The minimum atomic E-state index is -0.839. The molecule has 1 heterocycles. The topological polar surface area (TPSA) is 15.8 Å². The van der Waals surface area contributed by atoms with Gasteiger partial charge in [-0.1, -0.05) is 0 Å². The number of halogens is 3. The second-order valence-corrected chi connectivity index (χ2v) is 3.27. The number of hydrogen-bond acceptors (Lipinski definition) is 0. The molecule has 1 aromatic carbocycles. The number of nitrogens with one attached hydrogen (secondary N) is 1. The summed E-state index contributed by atoms with van der Waals surface area (Å²) in [5, 5.41) is 0.266. The van der Waals surface area contributed by atoms with E-state index in [4.69, 9.17) is 0 Å². The van der Waals surface area contributed by atoms with Crippen molar-refractivity contribution in [2.45, 2.75) is 0 Å². The second-order valence-electron chi connectivity index (χ2n) is 2.42. The van der Waals surface area contributed by atoms with Crippen LogP contribution in [0, 0.1) is 11.6 Å². The molecule has 12 heavy (non-hydrogen) atoms. The van der Waals surface area contributed by atoms with E-state index in [9.17, 15) is 8.78 Å². The molecule has 1 N–H and O–H groups in total. The molecule has 2 aromatic rings. The predicted octanol–water partition coefficient (Wildman–Crippen LogP) is 3.21. The van der Waals surface area contributed by atoms with Gasteiger partial charge in [-0.25, -0.2) is 8.78 Å². The smallest absolute Gasteiger partial charge is 0.168 e. The third-order valence-corrected chi connectivity index (χ3v) is 2.31. The van der Waals surface area contributed by atoms with E-state index in [1.807, 2.05) is 0 Å². The number of H-pyrrole nitrogens is 1. The highest BCUT2D eigenvalue weighted by Crippen LogP contribution is 2.26. The molecule has 1 aromatic heterocycles. The van der Waals surface area contributed by atoms with Gasteiger partial charge in [0.15, 0.2) is 11.6 Å². The van der Waals surface area contributed by atoms with Gasteiger partial charge < -0.3 is 4.98 Å². The summed E-state index contributed by atoms with van der Waals surface area (Å²) in [5.74, 6) is -1.65. The Bertz CT molecular complexity index is 436. The lowest BCUT2D eigenvalue weighted by Gasteiger charge is -1.97. The van der Waals surface area contributed by atoms with Crippen LogP contribution in [0.25, 0.3) is 10.9 Å². The van der Waals surface area contributed by atoms with Crippen molar-refractivity contribution in [1.82, 2.24) is 4.98 Å². The van der Waals surface area contributed by atoms with Crippen molar-refractivity contribution in [3.05, 3.63) is 34.4 Å². The zero-order valence-corrected chi connectivity index (χ0v) is 7.45. The summed E-state index contributed by atoms with van der Waals surface area (Å²) in [6.07, 6.45) is 1.57. The molecular weight excluding hydrogens is 228 g/mol. The maximum absolute atomic E-state index is 13.0. The summed E-state index contributed by atoms with van der Waals surface area (Å²) >= 11 is 3.12. The van der Waals surface area contributed by atoms with Crippen LogP contribution >= 0.6 is 15.9 Å². The molecule has 0 unspecified atom stereocenters. The molecule has 0 aliphatic heterocycles. The molecule has 0 bridgehead atoms. The van der Waals surface area contributed by atoms with E-state index in [0.29, 0.717) is 9.99 Å². The van der Waals surface area contributed by atoms with Gasteiger partial charge in [-0.2, -0.15) is 0 Å². The molecule has 4 heteroatoms. The maximum atomic E-state index is 13.0. The van der Waals surface area contributed by atoms with Gasteiger partial charge in [0.1, 0.15) is 0 Å². The lowest BCUT2D eigenvalue weighted by atomic mass is 10.2. The highest BCUT2D eigenvalue weighted by Gasteiger charge is 2.10. The quantitative estimate of drug-likeness (QED) is 0.671. The van der Waals surface area contributed by atoms with Crippen molar-refractivity contribution in [2.24, 2.45) is 0 Å². The van der Waals surface area contributed by atoms with E-state index in [1.54, 1.807) is 6.20 Å². The van der Waals surface area contributed by atoms with Crippen molar-refractivity contribution in [3.8, 4) is 0 Å². The Morgan fingerprint density at radius 3 is 2.83 bits per heavy atom. The number of aromatic nitrogens is 1. The van der Waals surface area contributed by atoms with Crippen LogP contribution in [-0.2, 0) is 0 Å². The van der Waals surface area contributed by atoms with Crippen LogP contribution in [0.1, 0.15) is 0 Å². The van der Waals surface area contributed by atoms with E-state index in [-0.39, 0.29) is 5.39 Å². The molecule has 0 radical (unpaired) electrons. The summed E-state index contributed by atoms with van der Waals surface area (Å²) < 4.78 is 26.3. The van der Waals surface area contributed by atoms with E-state index in [1.165, 1.54) is 6.07 Å². The van der Waals surface area contributed by atoms with Crippen LogP contribution in [-0.4, -0.2) is 4.98 Å². The van der Waals surface area contributed by atoms with Crippen molar-refractivity contribution in [3.63, 3.8) is 0 Å². The maximum Gasteiger partial charge on any atom is 0.168 e. The van der Waals surface area contributed by atoms with Crippen molar-refractivity contribution < 1.29 is 8.78 Å². The zero-order chi connectivity index (χ0) is 8.72. The SMILES string of the molecule is Fc1cc(Br)c2[nH]ccc2c1F. The van der Waals surface area contributed by atoms with Crippen LogP contribution < -0.4 is 0 Å². The summed E-state index contributed by atoms with van der Waals surface area (Å²) in [5.41, 5.74) is 0.578. The first kappa shape index (κ1) is 7.73. The molecule has 2 rings (SSSR count). The van der Waals surface area contributed by atoms with Gasteiger partial charge in [0.2, 0.25) is 0 Å². The summed E-state index contributed by atoms with van der Waals surface area (Å²) in [7, 11) is 0. The fourth-order valence-electron chi connectivity index (χ4n) is 1.13. The Labute approximate surface area is 75.5 Å². The molecule has 0 spiro atoms. The van der Waals surface area contributed by atoms with E-state index in [2.05, 4.69) is 20.9 Å². The first-order valence-corrected chi connectivity index (χ1v) is 4.10. The number of rotatable bonds is 0. The van der Waals surface area contributed by atoms with Gasteiger partial charge >= 0.3 is 0 Å². The zero-order valence-electron chi connectivity index (χ0n) is 5.87. The van der Waals surface area contributed by atoms with Crippen LogP contribution in [0.2, 0.25) is 0 Å². The first-order valence-electron chi connectivity index (χ1n) is 3.30. The van der Waals surface area contributed by atoms with E-state index < -0.39 is 11.6 Å². The van der Waals surface area contributed by atoms with Gasteiger partial charge in [-0.15, -0.1) is 0 Å².